The lowest BCUT2D eigenvalue weighted by atomic mass is 10.0. The SMILES string of the molecule is CC(C)COc1nc(N)c2ncc(Cc3cccc(CN4CCCC4)c3)n2n1.CCCCOc1nc(N)c2ncc(Cc3ccccc3CN3CCCC3)n2n1.CCCCOc1nc(N)c2ncc(Cc3ccccc3CN3CCCCC3)n2n1.COCCOc1nc(N)c2ncc(Cc3cccc(CN4CCCC4)c3)n2n1.Nc1nc(OCCCC(F)(F)F)nn2c(Cc3cccc(CN4CCCC4)c3)cnc12. The molecule has 0 atom stereocenters. The largest absolute Gasteiger partial charge is 0.462 e. The summed E-state index contributed by atoms with van der Waals surface area (Å²) in [4.78, 5) is 55.4. The van der Waals surface area contributed by atoms with E-state index in [4.69, 9.17) is 57.1 Å². The van der Waals surface area contributed by atoms with E-state index < -0.39 is 12.6 Å². The van der Waals surface area contributed by atoms with Gasteiger partial charge in [0.05, 0.1) is 92.5 Å². The van der Waals surface area contributed by atoms with Gasteiger partial charge in [0.1, 0.15) is 6.61 Å². The van der Waals surface area contributed by atoms with Crippen LogP contribution in [-0.2, 0) is 69.6 Å². The highest BCUT2D eigenvalue weighted by atomic mass is 19.4. The van der Waals surface area contributed by atoms with Gasteiger partial charge in [0.15, 0.2) is 57.3 Å². The summed E-state index contributed by atoms with van der Waals surface area (Å²) in [6.07, 6.45) is 25.5. The fourth-order valence-electron chi connectivity index (χ4n) is 18.5. The molecule has 0 aliphatic carbocycles. The lowest BCUT2D eigenvalue weighted by Crippen LogP contribution is -2.29. The number of ether oxygens (including phenoxy) is 6. The minimum absolute atomic E-state index is 0.0609. The van der Waals surface area contributed by atoms with Crippen LogP contribution in [0.3, 0.4) is 0 Å². The third-order valence-corrected chi connectivity index (χ3v) is 25.9. The van der Waals surface area contributed by atoms with Gasteiger partial charge in [0.2, 0.25) is 0 Å². The molecule has 0 bridgehead atoms. The first kappa shape index (κ1) is 103. The Labute approximate surface area is 838 Å². The molecular formula is C105H137F3N30O6. The van der Waals surface area contributed by atoms with Crippen molar-refractivity contribution < 1.29 is 41.6 Å². The van der Waals surface area contributed by atoms with Gasteiger partial charge in [-0.1, -0.05) is 168 Å². The highest BCUT2D eigenvalue weighted by molar-refractivity contribution is 5.63. The number of halogens is 3. The predicted octanol–water partition coefficient (Wildman–Crippen LogP) is 15.0. The molecule has 15 aromatic rings. The lowest BCUT2D eigenvalue weighted by molar-refractivity contribution is -0.136. The van der Waals surface area contributed by atoms with Crippen LogP contribution in [-0.4, -0.2) is 241 Å². The second-order valence-corrected chi connectivity index (χ2v) is 38.0. The van der Waals surface area contributed by atoms with E-state index in [1.807, 2.05) is 30.7 Å². The van der Waals surface area contributed by atoms with Crippen molar-refractivity contribution in [1.29, 1.82) is 0 Å². The average molecular weight is 1970 g/mol. The van der Waals surface area contributed by atoms with Crippen molar-refractivity contribution in [2.45, 2.75) is 208 Å². The molecule has 5 fully saturated rings. The van der Waals surface area contributed by atoms with Crippen LogP contribution in [0.2, 0.25) is 0 Å². The van der Waals surface area contributed by atoms with E-state index in [1.54, 1.807) is 42.1 Å². The van der Waals surface area contributed by atoms with Crippen molar-refractivity contribution >= 4 is 57.3 Å². The van der Waals surface area contributed by atoms with Gasteiger partial charge in [-0.15, -0.1) is 25.5 Å². The standard InChI is InChI=1S/C22H30N6O.C21H25F3N6O.2C21H28N6O.C20H26N6O2/c1-2-3-13-29-22-25-20(23)21-24-15-19(28(21)26-22)14-17-9-5-6-10-18(17)16-27-11-7-4-8-12-27;22-21(23,24)7-4-10-31-20-27-18(25)19-26-13-17(30(19)28-20)12-15-5-3-6-16(11-15)14-29-8-1-2-9-29;1-15(2)14-28-21-24-19(22)20-23-12-18(27(20)25-21)11-16-6-5-7-17(10-16)13-26-8-3-4-9-26;1-2-3-12-28-21-24-19(22)20-23-14-18(27(20)25-21)13-16-8-4-5-9-17(16)15-26-10-6-7-11-26;1-27-9-10-28-20-23-18(21)19-22-13-17(26(19)24-20)12-15-5-4-6-16(11-15)14-25-7-2-3-8-25/h5-6,9-10,15H,2-4,7-8,11-14,16H2,1H3,(H2,23,25,26);3,5-6,11,13H,1-2,4,7-10,12,14H2,(H2,25,27,28);5-7,10,12,15H,3-4,8-9,11,13-14H2,1-2H3,(H2,22,24,25);4-5,8-9,14H,2-3,6-7,10-13,15H2,1H3,(H2,22,24,25);4-6,11,13H,2-3,7-10,12,14H2,1H3,(H2,21,23,24). The van der Waals surface area contributed by atoms with Crippen molar-refractivity contribution in [3.8, 4) is 30.1 Å². The number of benzene rings is 5. The minimum atomic E-state index is -4.21. The van der Waals surface area contributed by atoms with E-state index in [1.165, 1.54) is 173 Å². The first-order valence-electron chi connectivity index (χ1n) is 50.9. The number of hydrogen-bond acceptors (Lipinski definition) is 31. The van der Waals surface area contributed by atoms with Gasteiger partial charge in [-0.05, 0) is 210 Å². The number of nitrogen functional groups attached to an aromatic ring is 5. The summed E-state index contributed by atoms with van der Waals surface area (Å²) in [5.41, 5.74) is 50.4. The zero-order valence-corrected chi connectivity index (χ0v) is 83.6. The molecule has 144 heavy (non-hydrogen) atoms. The number of methoxy groups -OCH3 is 1. The van der Waals surface area contributed by atoms with E-state index in [2.05, 4.69) is 237 Å². The van der Waals surface area contributed by atoms with E-state index >= 15 is 0 Å². The van der Waals surface area contributed by atoms with E-state index in [0.29, 0.717) is 121 Å². The molecule has 36 nitrogen and oxygen atoms in total. The molecule has 10 N–H and O–H groups in total. The van der Waals surface area contributed by atoms with Crippen molar-refractivity contribution in [2.24, 2.45) is 5.92 Å². The van der Waals surface area contributed by atoms with Crippen LogP contribution >= 0.6 is 0 Å². The van der Waals surface area contributed by atoms with Gasteiger partial charge in [0, 0.05) is 78.4 Å². The number of fused-ring (bicyclic) bond motifs is 5. The van der Waals surface area contributed by atoms with Crippen LogP contribution in [0.5, 0.6) is 30.1 Å². The summed E-state index contributed by atoms with van der Waals surface area (Å²) in [5.74, 6) is 1.84. The number of likely N-dealkylation sites (tertiary alicyclic amines) is 5. The van der Waals surface area contributed by atoms with Crippen LogP contribution in [0.25, 0.3) is 28.2 Å². The fourth-order valence-corrected chi connectivity index (χ4v) is 18.5. The number of rotatable bonds is 39. The topological polar surface area (TPSA) is 417 Å². The Morgan fingerprint density at radius 1 is 0.312 bits per heavy atom. The number of unbranched alkanes of at least 4 members (excludes halogenated alkanes) is 2. The average Bonchev–Trinajstić information content (AvgIpc) is 1.67. The molecule has 764 valence electrons. The summed E-state index contributed by atoms with van der Waals surface area (Å²) in [5, 5.41) is 22.3. The highest BCUT2D eigenvalue weighted by Crippen LogP contribution is 2.30. The van der Waals surface area contributed by atoms with Crippen molar-refractivity contribution in [3.05, 3.63) is 236 Å². The molecule has 5 aliphatic heterocycles. The Kier molecular flexibility index (Phi) is 36.6. The smallest absolute Gasteiger partial charge is 0.389 e. The maximum Gasteiger partial charge on any atom is 0.389 e. The summed E-state index contributed by atoms with van der Waals surface area (Å²) in [6, 6.07) is 44.2. The van der Waals surface area contributed by atoms with Crippen LogP contribution in [0.15, 0.2) is 152 Å². The summed E-state index contributed by atoms with van der Waals surface area (Å²) in [7, 11) is 1.62. The van der Waals surface area contributed by atoms with Crippen LogP contribution in [0.1, 0.15) is 221 Å². The van der Waals surface area contributed by atoms with Gasteiger partial charge in [-0.25, -0.2) is 47.5 Å². The number of imidazole rings is 5. The normalized spacial score (nSPS) is 14.9. The number of aromatic nitrogens is 20. The van der Waals surface area contributed by atoms with E-state index in [0.717, 1.165) is 125 Å². The molecule has 0 amide bonds. The maximum absolute atomic E-state index is 12.3. The fraction of sp³-hybridized carbons (Fsp3) is 0.476. The van der Waals surface area contributed by atoms with E-state index in [9.17, 15) is 13.2 Å². The molecule has 0 radical (unpaired) electrons. The number of nitrogens with two attached hydrogens (primary N) is 5. The zero-order chi connectivity index (χ0) is 100. The van der Waals surface area contributed by atoms with Crippen molar-refractivity contribution in [1.82, 2.24) is 122 Å². The molecule has 0 unspecified atom stereocenters. The Morgan fingerprint density at radius 2 is 0.583 bits per heavy atom. The first-order valence-corrected chi connectivity index (χ1v) is 50.9. The molecular weight excluding hydrogens is 1830 g/mol. The Bertz CT molecular complexity index is 6620. The molecule has 15 heterocycles. The van der Waals surface area contributed by atoms with Gasteiger partial charge < -0.3 is 57.1 Å². The monoisotopic (exact) mass is 1970 g/mol. The van der Waals surface area contributed by atoms with Crippen molar-refractivity contribution in [2.75, 3.05) is 141 Å². The second kappa shape index (κ2) is 51.1. The third kappa shape index (κ3) is 29.1. The Balaban J connectivity index is 0.000000129. The van der Waals surface area contributed by atoms with Crippen LogP contribution < -0.4 is 52.4 Å². The Hall–Kier alpha value is -13.6. The van der Waals surface area contributed by atoms with Gasteiger partial charge in [-0.3, -0.25) is 24.5 Å². The number of piperidine rings is 1. The summed E-state index contributed by atoms with van der Waals surface area (Å²) >= 11 is 0. The van der Waals surface area contributed by atoms with Gasteiger partial charge in [0.25, 0.3) is 0 Å². The highest BCUT2D eigenvalue weighted by Gasteiger charge is 2.28. The summed E-state index contributed by atoms with van der Waals surface area (Å²) < 4.78 is 78.3. The molecule has 10 aromatic heterocycles. The van der Waals surface area contributed by atoms with Crippen LogP contribution in [0, 0.1) is 5.92 Å². The van der Waals surface area contributed by atoms with Crippen LogP contribution in [0.4, 0.5) is 42.3 Å². The summed E-state index contributed by atoms with van der Waals surface area (Å²) in [6.45, 7) is 27.6. The first-order chi connectivity index (χ1) is 70.2. The van der Waals surface area contributed by atoms with Gasteiger partial charge in [-0.2, -0.15) is 38.1 Å². The van der Waals surface area contributed by atoms with E-state index in [-0.39, 0.29) is 30.9 Å². The lowest BCUT2D eigenvalue weighted by Gasteiger charge is -2.27. The molecule has 20 rings (SSSR count). The molecule has 0 saturated carbocycles. The molecule has 5 saturated heterocycles. The zero-order valence-electron chi connectivity index (χ0n) is 83.6. The molecule has 5 aromatic carbocycles. The Morgan fingerprint density at radius 3 is 0.882 bits per heavy atom. The second-order valence-electron chi connectivity index (χ2n) is 38.0. The predicted molar refractivity (Wildman–Crippen MR) is 549 cm³/mol. The van der Waals surface area contributed by atoms with Gasteiger partial charge >= 0.3 is 36.2 Å². The number of nitrogens with zero attached hydrogens (tertiary/aromatic N) is 25. The molecule has 5 aliphatic rings. The number of alkyl halides is 3. The quantitative estimate of drug-likeness (QED) is 0.0223. The molecule has 0 spiro atoms. The molecule has 39 heteroatoms. The minimum Gasteiger partial charge on any atom is -0.462 e. The number of anilines is 5. The number of hydrogen-bond donors (Lipinski definition) is 5. The van der Waals surface area contributed by atoms with Crippen molar-refractivity contribution in [3.63, 3.8) is 0 Å². The maximum atomic E-state index is 12.3. The third-order valence-electron chi connectivity index (χ3n) is 25.9.